The summed E-state index contributed by atoms with van der Waals surface area (Å²) in [6.07, 6.45) is 4.57. The van der Waals surface area contributed by atoms with Crippen LogP contribution in [0.1, 0.15) is 23.2 Å². The molecule has 0 fully saturated rings. The van der Waals surface area contributed by atoms with Crippen molar-refractivity contribution in [2.45, 2.75) is 25.9 Å². The molecule has 0 spiro atoms. The Balaban J connectivity index is 1.55. The summed E-state index contributed by atoms with van der Waals surface area (Å²) in [7, 11) is 1.65. The van der Waals surface area contributed by atoms with E-state index < -0.39 is 0 Å². The fraction of sp³-hybridized carbons (Fsp3) is 0.312. The van der Waals surface area contributed by atoms with Crippen LogP contribution in [-0.4, -0.2) is 27.9 Å². The third-order valence-corrected chi connectivity index (χ3v) is 3.72. The number of rotatable bonds is 4. The van der Waals surface area contributed by atoms with Gasteiger partial charge in [0.1, 0.15) is 12.1 Å². The molecule has 0 saturated heterocycles. The molecule has 0 bridgehead atoms. The van der Waals surface area contributed by atoms with Crippen molar-refractivity contribution in [1.29, 1.82) is 0 Å². The van der Waals surface area contributed by atoms with E-state index in [1.807, 2.05) is 29.2 Å². The van der Waals surface area contributed by atoms with E-state index in [1.54, 1.807) is 13.3 Å². The van der Waals surface area contributed by atoms with Crippen molar-refractivity contribution in [3.05, 3.63) is 53.6 Å². The number of amides is 1. The first kappa shape index (κ1) is 13.5. The monoisotopic (exact) mass is 283 g/mol. The van der Waals surface area contributed by atoms with Gasteiger partial charge in [-0.1, -0.05) is 12.1 Å². The van der Waals surface area contributed by atoms with Gasteiger partial charge in [-0.05, 0) is 24.1 Å². The lowest BCUT2D eigenvalue weighted by molar-refractivity contribution is -0.131. The Morgan fingerprint density at radius 3 is 2.81 bits per heavy atom. The molecule has 0 atom stereocenters. The number of methoxy groups -OCH3 is 1. The average Bonchev–Trinajstić information content (AvgIpc) is 2.97. The van der Waals surface area contributed by atoms with Gasteiger partial charge in [-0.25, -0.2) is 9.97 Å². The molecule has 1 aliphatic rings. The smallest absolute Gasteiger partial charge is 0.223 e. The Kier molecular flexibility index (Phi) is 3.81. The summed E-state index contributed by atoms with van der Waals surface area (Å²) in [5.74, 6) is 0.988. The first-order chi connectivity index (χ1) is 10.3. The molecule has 1 aromatic carbocycles. The minimum Gasteiger partial charge on any atom is -0.497 e. The molecule has 3 rings (SSSR count). The van der Waals surface area contributed by atoms with Crippen LogP contribution in [0, 0.1) is 0 Å². The molecule has 108 valence electrons. The van der Waals surface area contributed by atoms with Gasteiger partial charge in [0.25, 0.3) is 0 Å². The minimum absolute atomic E-state index is 0.156. The van der Waals surface area contributed by atoms with Gasteiger partial charge in [-0.15, -0.1) is 0 Å². The van der Waals surface area contributed by atoms with E-state index in [4.69, 9.17) is 4.74 Å². The van der Waals surface area contributed by atoms with Gasteiger partial charge < -0.3 is 9.64 Å². The molecule has 21 heavy (non-hydrogen) atoms. The minimum atomic E-state index is 0.156. The summed E-state index contributed by atoms with van der Waals surface area (Å²) in [4.78, 5) is 22.3. The molecule has 0 unspecified atom stereocenters. The van der Waals surface area contributed by atoms with Crippen molar-refractivity contribution in [3.63, 3.8) is 0 Å². The van der Waals surface area contributed by atoms with Crippen LogP contribution in [-0.2, 0) is 24.3 Å². The van der Waals surface area contributed by atoms with Crippen LogP contribution < -0.4 is 4.74 Å². The van der Waals surface area contributed by atoms with E-state index >= 15 is 0 Å². The highest BCUT2D eigenvalue weighted by molar-refractivity contribution is 5.77. The summed E-state index contributed by atoms with van der Waals surface area (Å²) in [6.45, 7) is 1.22. The Bertz CT molecular complexity index is 615. The predicted octanol–water partition coefficient (Wildman–Crippen LogP) is 1.96. The SMILES string of the molecule is COc1ccc(CCC(=O)N2Cc3cncnc3C2)cc1. The molecular formula is C16H17N3O2. The van der Waals surface area contributed by atoms with E-state index in [0.29, 0.717) is 19.5 Å². The van der Waals surface area contributed by atoms with Gasteiger partial charge >= 0.3 is 0 Å². The number of hydrogen-bond acceptors (Lipinski definition) is 4. The Morgan fingerprint density at radius 2 is 2.10 bits per heavy atom. The first-order valence-corrected chi connectivity index (χ1v) is 6.95. The van der Waals surface area contributed by atoms with Crippen LogP contribution in [0.15, 0.2) is 36.8 Å². The van der Waals surface area contributed by atoms with Crippen molar-refractivity contribution < 1.29 is 9.53 Å². The number of fused-ring (bicyclic) bond motifs is 1. The molecule has 5 nitrogen and oxygen atoms in total. The number of benzene rings is 1. The highest BCUT2D eigenvalue weighted by atomic mass is 16.5. The summed E-state index contributed by atoms with van der Waals surface area (Å²) in [6, 6.07) is 7.83. The zero-order valence-corrected chi connectivity index (χ0v) is 12.0. The number of ether oxygens (including phenoxy) is 1. The lowest BCUT2D eigenvalue weighted by Crippen LogP contribution is -2.25. The molecule has 1 aliphatic heterocycles. The maximum absolute atomic E-state index is 12.3. The fourth-order valence-electron chi connectivity index (χ4n) is 2.48. The average molecular weight is 283 g/mol. The number of carbonyl (C=O) groups excluding carboxylic acids is 1. The van der Waals surface area contributed by atoms with Crippen LogP contribution in [0.25, 0.3) is 0 Å². The first-order valence-electron chi connectivity index (χ1n) is 6.95. The zero-order valence-electron chi connectivity index (χ0n) is 12.0. The van der Waals surface area contributed by atoms with Crippen LogP contribution in [0.5, 0.6) is 5.75 Å². The van der Waals surface area contributed by atoms with Crippen LogP contribution in [0.3, 0.4) is 0 Å². The number of hydrogen-bond donors (Lipinski definition) is 0. The number of aromatic nitrogens is 2. The van der Waals surface area contributed by atoms with E-state index in [-0.39, 0.29) is 5.91 Å². The van der Waals surface area contributed by atoms with Crippen LogP contribution in [0.2, 0.25) is 0 Å². The van der Waals surface area contributed by atoms with Gasteiger partial charge in [-0.3, -0.25) is 4.79 Å². The molecular weight excluding hydrogens is 266 g/mol. The van der Waals surface area contributed by atoms with Crippen molar-refractivity contribution >= 4 is 5.91 Å². The molecule has 0 aliphatic carbocycles. The van der Waals surface area contributed by atoms with Gasteiger partial charge in [0.05, 0.1) is 19.3 Å². The maximum atomic E-state index is 12.3. The second kappa shape index (κ2) is 5.91. The van der Waals surface area contributed by atoms with Crippen molar-refractivity contribution in [3.8, 4) is 5.75 Å². The van der Waals surface area contributed by atoms with E-state index in [2.05, 4.69) is 9.97 Å². The van der Waals surface area contributed by atoms with E-state index in [1.165, 1.54) is 6.33 Å². The van der Waals surface area contributed by atoms with Gasteiger partial charge in [0.2, 0.25) is 5.91 Å². The van der Waals surface area contributed by atoms with Crippen molar-refractivity contribution in [2.24, 2.45) is 0 Å². The molecule has 5 heteroatoms. The van der Waals surface area contributed by atoms with Crippen molar-refractivity contribution in [2.75, 3.05) is 7.11 Å². The van der Waals surface area contributed by atoms with E-state index in [9.17, 15) is 4.79 Å². The second-order valence-corrected chi connectivity index (χ2v) is 5.09. The molecule has 0 radical (unpaired) electrons. The number of nitrogens with zero attached hydrogens (tertiary/aromatic N) is 3. The molecule has 2 aromatic rings. The van der Waals surface area contributed by atoms with Gasteiger partial charge in [0.15, 0.2) is 0 Å². The quantitative estimate of drug-likeness (QED) is 0.860. The molecule has 0 N–H and O–H groups in total. The number of carbonyl (C=O) groups is 1. The molecule has 1 aromatic heterocycles. The second-order valence-electron chi connectivity index (χ2n) is 5.09. The molecule has 1 amide bonds. The summed E-state index contributed by atoms with van der Waals surface area (Å²) in [5, 5.41) is 0. The largest absolute Gasteiger partial charge is 0.497 e. The summed E-state index contributed by atoms with van der Waals surface area (Å²) < 4.78 is 5.12. The van der Waals surface area contributed by atoms with E-state index in [0.717, 1.165) is 29.0 Å². The lowest BCUT2D eigenvalue weighted by atomic mass is 10.1. The summed E-state index contributed by atoms with van der Waals surface area (Å²) >= 11 is 0. The lowest BCUT2D eigenvalue weighted by Gasteiger charge is -2.14. The highest BCUT2D eigenvalue weighted by Gasteiger charge is 2.23. The summed E-state index contributed by atoms with van der Waals surface area (Å²) in [5.41, 5.74) is 3.15. The zero-order chi connectivity index (χ0) is 14.7. The fourth-order valence-corrected chi connectivity index (χ4v) is 2.48. The maximum Gasteiger partial charge on any atom is 0.223 e. The topological polar surface area (TPSA) is 55.3 Å². The Hall–Kier alpha value is -2.43. The third-order valence-electron chi connectivity index (χ3n) is 3.72. The molecule has 2 heterocycles. The molecule has 0 saturated carbocycles. The highest BCUT2D eigenvalue weighted by Crippen LogP contribution is 2.20. The van der Waals surface area contributed by atoms with Crippen LogP contribution >= 0.6 is 0 Å². The third kappa shape index (κ3) is 3.02. The van der Waals surface area contributed by atoms with Gasteiger partial charge in [0, 0.05) is 24.7 Å². The number of aryl methyl sites for hydroxylation is 1. The predicted molar refractivity (Wildman–Crippen MR) is 77.6 cm³/mol. The van der Waals surface area contributed by atoms with Gasteiger partial charge in [-0.2, -0.15) is 0 Å². The Morgan fingerprint density at radius 1 is 1.29 bits per heavy atom. The Labute approximate surface area is 123 Å². The van der Waals surface area contributed by atoms with Crippen molar-refractivity contribution in [1.82, 2.24) is 14.9 Å². The normalized spacial score (nSPS) is 13.1. The van der Waals surface area contributed by atoms with Crippen LogP contribution in [0.4, 0.5) is 0 Å². The standard InChI is InChI=1S/C16H17N3O2/c1-21-14-5-2-12(3-6-14)4-7-16(20)19-9-13-8-17-11-18-15(13)10-19/h2-3,5-6,8,11H,4,7,9-10H2,1H3.